The molecular weight excluding hydrogens is 321 g/mol. The molecular formula is C12H11BrFNO4. The van der Waals surface area contributed by atoms with Crippen molar-refractivity contribution in [1.82, 2.24) is 0 Å². The topological polar surface area (TPSA) is 64.6 Å². The van der Waals surface area contributed by atoms with Crippen molar-refractivity contribution in [1.29, 1.82) is 0 Å². The van der Waals surface area contributed by atoms with Gasteiger partial charge in [0.2, 0.25) is 0 Å². The highest BCUT2D eigenvalue weighted by atomic mass is 79.9. The van der Waals surface area contributed by atoms with Gasteiger partial charge in [0.1, 0.15) is 11.5 Å². The number of rotatable bonds is 4. The predicted octanol–water partition coefficient (Wildman–Crippen LogP) is 2.23. The molecule has 0 fully saturated rings. The number of ether oxygens (including phenoxy) is 2. The van der Waals surface area contributed by atoms with Gasteiger partial charge in [0.05, 0.1) is 24.8 Å². The Morgan fingerprint density at radius 3 is 2.53 bits per heavy atom. The molecule has 0 radical (unpaired) electrons. The lowest BCUT2D eigenvalue weighted by atomic mass is 10.3. The van der Waals surface area contributed by atoms with Crippen LogP contribution in [-0.4, -0.2) is 26.2 Å². The molecule has 0 atom stereocenters. The van der Waals surface area contributed by atoms with Gasteiger partial charge in [-0.05, 0) is 34.1 Å². The van der Waals surface area contributed by atoms with Crippen LogP contribution in [0.2, 0.25) is 0 Å². The Morgan fingerprint density at radius 2 is 2.00 bits per heavy atom. The van der Waals surface area contributed by atoms with Crippen molar-refractivity contribution in [2.75, 3.05) is 19.5 Å². The third kappa shape index (κ3) is 4.36. The molecule has 0 spiro atoms. The maximum atomic E-state index is 13.1. The van der Waals surface area contributed by atoms with E-state index in [1.165, 1.54) is 32.4 Å². The number of hydrogen-bond acceptors (Lipinski definition) is 5. The Morgan fingerprint density at radius 1 is 1.32 bits per heavy atom. The number of methoxy groups -OCH3 is 2. The summed E-state index contributed by atoms with van der Waals surface area (Å²) in [6.07, 6.45) is 0.948. The largest absolute Gasteiger partial charge is 0.466 e. The number of anilines is 1. The number of carbonyl (C=O) groups is 2. The highest BCUT2D eigenvalue weighted by Crippen LogP contribution is 2.21. The zero-order valence-electron chi connectivity index (χ0n) is 10.2. The molecule has 1 rings (SSSR count). The van der Waals surface area contributed by atoms with Crippen LogP contribution in [0.3, 0.4) is 0 Å². The molecule has 102 valence electrons. The maximum Gasteiger partial charge on any atom is 0.354 e. The Balaban J connectivity index is 3.00. The molecule has 19 heavy (non-hydrogen) atoms. The zero-order valence-corrected chi connectivity index (χ0v) is 11.8. The van der Waals surface area contributed by atoms with Crippen LogP contribution in [0.5, 0.6) is 0 Å². The number of halogens is 2. The van der Waals surface area contributed by atoms with Crippen LogP contribution in [0.1, 0.15) is 0 Å². The summed E-state index contributed by atoms with van der Waals surface area (Å²) < 4.78 is 22.2. The number of esters is 2. The number of hydrogen-bond donors (Lipinski definition) is 1. The highest BCUT2D eigenvalue weighted by Gasteiger charge is 2.13. The molecule has 0 aliphatic carbocycles. The second-order valence-electron chi connectivity index (χ2n) is 3.33. The quantitative estimate of drug-likeness (QED) is 0.677. The first-order chi connectivity index (χ1) is 8.97. The minimum atomic E-state index is -0.745. The van der Waals surface area contributed by atoms with Crippen LogP contribution in [0.25, 0.3) is 0 Å². The smallest absolute Gasteiger partial charge is 0.354 e. The number of nitrogens with one attached hydrogen (secondary N) is 1. The van der Waals surface area contributed by atoms with Crippen molar-refractivity contribution < 1.29 is 23.5 Å². The van der Waals surface area contributed by atoms with Crippen molar-refractivity contribution in [3.63, 3.8) is 0 Å². The van der Waals surface area contributed by atoms with Crippen molar-refractivity contribution in [3.05, 3.63) is 40.3 Å². The van der Waals surface area contributed by atoms with E-state index in [0.717, 1.165) is 6.08 Å². The van der Waals surface area contributed by atoms with Gasteiger partial charge in [0.15, 0.2) is 0 Å². The van der Waals surface area contributed by atoms with Crippen LogP contribution in [-0.2, 0) is 19.1 Å². The van der Waals surface area contributed by atoms with Gasteiger partial charge >= 0.3 is 11.9 Å². The standard InChI is InChI=1S/C12H11BrFNO4/c1-18-11(16)6-10(12(17)19-2)15-7-3-4-9(14)8(13)5-7/h3-6,15H,1-2H3/b10-6+. The summed E-state index contributed by atoms with van der Waals surface area (Å²) in [6.45, 7) is 0. The van der Waals surface area contributed by atoms with Gasteiger partial charge in [0.25, 0.3) is 0 Å². The molecule has 1 N–H and O–H groups in total. The lowest BCUT2D eigenvalue weighted by molar-refractivity contribution is -0.138. The second-order valence-corrected chi connectivity index (χ2v) is 4.18. The van der Waals surface area contributed by atoms with Crippen LogP contribution >= 0.6 is 15.9 Å². The molecule has 0 amide bonds. The fourth-order valence-electron chi connectivity index (χ4n) is 1.16. The van der Waals surface area contributed by atoms with E-state index >= 15 is 0 Å². The summed E-state index contributed by atoms with van der Waals surface area (Å²) in [6, 6.07) is 4.04. The van der Waals surface area contributed by atoms with E-state index in [1.54, 1.807) is 0 Å². The van der Waals surface area contributed by atoms with E-state index in [2.05, 4.69) is 30.7 Å². The van der Waals surface area contributed by atoms with Gasteiger partial charge in [-0.15, -0.1) is 0 Å². The molecule has 0 bridgehead atoms. The molecule has 0 saturated heterocycles. The van der Waals surface area contributed by atoms with E-state index < -0.39 is 17.8 Å². The lowest BCUT2D eigenvalue weighted by Gasteiger charge is -2.09. The van der Waals surface area contributed by atoms with Crippen LogP contribution in [0, 0.1) is 5.82 Å². The SMILES string of the molecule is COC(=O)/C=C(/Nc1ccc(F)c(Br)c1)C(=O)OC. The first kappa shape index (κ1) is 15.2. The van der Waals surface area contributed by atoms with E-state index in [-0.39, 0.29) is 10.2 Å². The van der Waals surface area contributed by atoms with Crippen LogP contribution < -0.4 is 5.32 Å². The first-order valence-electron chi connectivity index (χ1n) is 5.08. The lowest BCUT2D eigenvalue weighted by Crippen LogP contribution is -2.15. The molecule has 0 aromatic heterocycles. The highest BCUT2D eigenvalue weighted by molar-refractivity contribution is 9.10. The first-order valence-corrected chi connectivity index (χ1v) is 5.87. The van der Waals surface area contributed by atoms with E-state index in [4.69, 9.17) is 0 Å². The summed E-state index contributed by atoms with van der Waals surface area (Å²) in [4.78, 5) is 22.6. The Hall–Kier alpha value is -1.89. The van der Waals surface area contributed by atoms with Crippen molar-refractivity contribution >= 4 is 33.6 Å². The number of carbonyl (C=O) groups excluding carboxylic acids is 2. The van der Waals surface area contributed by atoms with Gasteiger partial charge < -0.3 is 14.8 Å². The minimum absolute atomic E-state index is 0.118. The summed E-state index contributed by atoms with van der Waals surface area (Å²) in [5.74, 6) is -1.90. The average molecular weight is 332 g/mol. The Labute approximate surface area is 117 Å². The molecule has 1 aromatic rings. The monoisotopic (exact) mass is 331 g/mol. The third-order valence-electron chi connectivity index (χ3n) is 2.07. The molecule has 0 saturated carbocycles. The Bertz CT molecular complexity index is 530. The molecule has 0 aliphatic heterocycles. The van der Waals surface area contributed by atoms with E-state index in [9.17, 15) is 14.0 Å². The van der Waals surface area contributed by atoms with E-state index in [1.807, 2.05) is 0 Å². The maximum absolute atomic E-state index is 13.1. The summed E-state index contributed by atoms with van der Waals surface area (Å²) in [5, 5.41) is 2.65. The Kier molecular flexibility index (Phi) is 5.50. The van der Waals surface area contributed by atoms with Crippen LogP contribution in [0.4, 0.5) is 10.1 Å². The van der Waals surface area contributed by atoms with Gasteiger partial charge in [-0.1, -0.05) is 0 Å². The summed E-state index contributed by atoms with van der Waals surface area (Å²) >= 11 is 3.01. The fraction of sp³-hybridized carbons (Fsp3) is 0.167. The van der Waals surface area contributed by atoms with Crippen molar-refractivity contribution in [2.45, 2.75) is 0 Å². The molecule has 0 unspecified atom stereocenters. The van der Waals surface area contributed by atoms with E-state index in [0.29, 0.717) is 5.69 Å². The van der Waals surface area contributed by atoms with Crippen molar-refractivity contribution in [3.8, 4) is 0 Å². The predicted molar refractivity (Wildman–Crippen MR) is 69.8 cm³/mol. The second kappa shape index (κ2) is 6.89. The van der Waals surface area contributed by atoms with Crippen molar-refractivity contribution in [2.24, 2.45) is 0 Å². The summed E-state index contributed by atoms with van der Waals surface area (Å²) in [7, 11) is 2.36. The van der Waals surface area contributed by atoms with Gasteiger partial charge in [0, 0.05) is 5.69 Å². The minimum Gasteiger partial charge on any atom is -0.466 e. The molecule has 1 aromatic carbocycles. The number of benzene rings is 1. The van der Waals surface area contributed by atoms with Crippen LogP contribution in [0.15, 0.2) is 34.4 Å². The van der Waals surface area contributed by atoms with Gasteiger partial charge in [-0.25, -0.2) is 14.0 Å². The van der Waals surface area contributed by atoms with Gasteiger partial charge in [-0.3, -0.25) is 0 Å². The molecule has 0 heterocycles. The average Bonchev–Trinajstić information content (AvgIpc) is 2.41. The third-order valence-corrected chi connectivity index (χ3v) is 2.67. The van der Waals surface area contributed by atoms with Gasteiger partial charge in [-0.2, -0.15) is 0 Å². The fourth-order valence-corrected chi connectivity index (χ4v) is 1.54. The molecule has 5 nitrogen and oxygen atoms in total. The molecule has 0 aliphatic rings. The zero-order chi connectivity index (χ0) is 14.4. The molecule has 7 heteroatoms. The summed E-state index contributed by atoms with van der Waals surface area (Å²) in [5.41, 5.74) is 0.293. The normalized spacial score (nSPS) is 10.8.